The summed E-state index contributed by atoms with van der Waals surface area (Å²) in [7, 11) is 0. The Labute approximate surface area is 162 Å². The average Bonchev–Trinajstić information content (AvgIpc) is 3.45. The second kappa shape index (κ2) is 9.20. The molecule has 1 saturated carbocycles. The lowest BCUT2D eigenvalue weighted by Gasteiger charge is -2.33. The molecule has 4 rings (SSSR count). The van der Waals surface area contributed by atoms with Crippen LogP contribution in [-0.2, 0) is 9.53 Å². The van der Waals surface area contributed by atoms with E-state index in [9.17, 15) is 4.79 Å². The fourth-order valence-electron chi connectivity index (χ4n) is 4.96. The van der Waals surface area contributed by atoms with Crippen molar-refractivity contribution >= 4 is 11.7 Å². The second-order valence-corrected chi connectivity index (χ2v) is 8.58. The molecule has 2 saturated heterocycles. The van der Waals surface area contributed by atoms with Crippen LogP contribution < -0.4 is 5.32 Å². The van der Waals surface area contributed by atoms with E-state index in [2.05, 4.69) is 15.3 Å². The van der Waals surface area contributed by atoms with Crippen LogP contribution in [-0.4, -0.2) is 53.4 Å². The molecule has 0 bridgehead atoms. The molecule has 1 aliphatic carbocycles. The van der Waals surface area contributed by atoms with Gasteiger partial charge in [0, 0.05) is 25.8 Å². The highest BCUT2D eigenvalue weighted by Crippen LogP contribution is 2.30. The Bertz CT molecular complexity index is 597. The second-order valence-electron chi connectivity index (χ2n) is 8.58. The van der Waals surface area contributed by atoms with Gasteiger partial charge in [0.05, 0.1) is 24.8 Å². The van der Waals surface area contributed by atoms with Crippen molar-refractivity contribution < 1.29 is 9.53 Å². The van der Waals surface area contributed by atoms with E-state index in [1.165, 1.54) is 45.1 Å². The van der Waals surface area contributed by atoms with Gasteiger partial charge in [0.25, 0.3) is 0 Å². The van der Waals surface area contributed by atoms with Gasteiger partial charge in [-0.15, -0.1) is 0 Å². The number of nitrogens with one attached hydrogen (secondary N) is 1. The maximum atomic E-state index is 12.4. The highest BCUT2D eigenvalue weighted by atomic mass is 16.5. The van der Waals surface area contributed by atoms with E-state index in [0.717, 1.165) is 44.1 Å². The van der Waals surface area contributed by atoms with E-state index in [1.807, 2.05) is 10.7 Å². The van der Waals surface area contributed by atoms with Crippen LogP contribution in [0.2, 0.25) is 0 Å². The van der Waals surface area contributed by atoms with Gasteiger partial charge in [0.2, 0.25) is 5.91 Å². The van der Waals surface area contributed by atoms with Crippen LogP contribution in [0.1, 0.15) is 63.8 Å². The van der Waals surface area contributed by atoms with E-state index >= 15 is 0 Å². The number of anilines is 1. The molecule has 3 aliphatic rings. The smallest absolute Gasteiger partial charge is 0.231 e. The number of piperidine rings is 1. The Kier molecular flexibility index (Phi) is 6.45. The van der Waals surface area contributed by atoms with Crippen molar-refractivity contribution in [3.05, 3.63) is 12.3 Å². The van der Waals surface area contributed by atoms with E-state index < -0.39 is 0 Å². The molecular formula is C21H34N4O2. The number of amides is 1. The molecular weight excluding hydrogens is 340 g/mol. The number of ether oxygens (including phenoxy) is 1. The van der Waals surface area contributed by atoms with Crippen molar-refractivity contribution in [1.82, 2.24) is 14.7 Å². The Morgan fingerprint density at radius 3 is 2.74 bits per heavy atom. The molecule has 1 atom stereocenters. The van der Waals surface area contributed by atoms with Gasteiger partial charge in [-0.3, -0.25) is 4.79 Å². The lowest BCUT2D eigenvalue weighted by molar-refractivity contribution is -0.119. The molecule has 0 unspecified atom stereocenters. The van der Waals surface area contributed by atoms with Gasteiger partial charge in [-0.2, -0.15) is 5.10 Å². The van der Waals surface area contributed by atoms with Crippen molar-refractivity contribution in [2.75, 3.05) is 38.2 Å². The first-order chi connectivity index (χ1) is 13.3. The van der Waals surface area contributed by atoms with Crippen molar-refractivity contribution in [2.45, 2.75) is 63.8 Å². The largest absolute Gasteiger partial charge is 0.381 e. The molecule has 1 aromatic heterocycles. The third kappa shape index (κ3) is 4.91. The van der Waals surface area contributed by atoms with Crippen LogP contribution >= 0.6 is 0 Å². The summed E-state index contributed by atoms with van der Waals surface area (Å²) in [5.74, 6) is 1.89. The predicted molar refractivity (Wildman–Crippen MR) is 106 cm³/mol. The highest BCUT2D eigenvalue weighted by molar-refractivity contribution is 5.92. The van der Waals surface area contributed by atoms with Crippen molar-refractivity contribution in [3.63, 3.8) is 0 Å². The third-order valence-corrected chi connectivity index (χ3v) is 6.69. The summed E-state index contributed by atoms with van der Waals surface area (Å²) in [5, 5.41) is 7.59. The standard InChI is InChI=1S/C21H34N4O2/c26-21(18-10-15-27-16-18)23-20-7-11-22-25(20)19-8-13-24(14-9-19)12-3-6-17-4-1-2-5-17/h7,11,17-19H,1-6,8-10,12-16H2,(H,23,26)/t18-/m0/s1. The summed E-state index contributed by atoms with van der Waals surface area (Å²) < 4.78 is 7.36. The molecule has 27 heavy (non-hydrogen) atoms. The molecule has 0 radical (unpaired) electrons. The molecule has 6 heteroatoms. The van der Waals surface area contributed by atoms with Gasteiger partial charge in [-0.25, -0.2) is 4.68 Å². The summed E-state index contributed by atoms with van der Waals surface area (Å²) >= 11 is 0. The first-order valence-electron chi connectivity index (χ1n) is 10.9. The molecule has 1 aromatic rings. The fraction of sp³-hybridized carbons (Fsp3) is 0.810. The third-order valence-electron chi connectivity index (χ3n) is 6.69. The number of carbonyl (C=O) groups excluding carboxylic acids is 1. The summed E-state index contributed by atoms with van der Waals surface area (Å²) in [4.78, 5) is 15.0. The van der Waals surface area contributed by atoms with Gasteiger partial charge >= 0.3 is 0 Å². The zero-order chi connectivity index (χ0) is 18.5. The summed E-state index contributed by atoms with van der Waals surface area (Å²) in [5.41, 5.74) is 0. The van der Waals surface area contributed by atoms with Crippen LogP contribution in [0.15, 0.2) is 12.3 Å². The number of hydrogen-bond donors (Lipinski definition) is 1. The minimum Gasteiger partial charge on any atom is -0.381 e. The van der Waals surface area contributed by atoms with Crippen LogP contribution in [0.3, 0.4) is 0 Å². The topological polar surface area (TPSA) is 59.4 Å². The van der Waals surface area contributed by atoms with E-state index in [-0.39, 0.29) is 11.8 Å². The lowest BCUT2D eigenvalue weighted by Crippen LogP contribution is -2.36. The van der Waals surface area contributed by atoms with Gasteiger partial charge in [0.1, 0.15) is 5.82 Å². The zero-order valence-corrected chi connectivity index (χ0v) is 16.4. The number of likely N-dealkylation sites (tertiary alicyclic amines) is 1. The maximum Gasteiger partial charge on any atom is 0.231 e. The molecule has 1 N–H and O–H groups in total. The number of carbonyl (C=O) groups is 1. The number of nitrogens with zero attached hydrogens (tertiary/aromatic N) is 3. The molecule has 2 aliphatic heterocycles. The molecule has 0 aromatic carbocycles. The number of aromatic nitrogens is 2. The van der Waals surface area contributed by atoms with E-state index in [1.54, 1.807) is 6.20 Å². The van der Waals surface area contributed by atoms with Crippen molar-refractivity contribution in [3.8, 4) is 0 Å². The van der Waals surface area contributed by atoms with E-state index in [4.69, 9.17) is 4.74 Å². The molecule has 150 valence electrons. The van der Waals surface area contributed by atoms with Crippen molar-refractivity contribution in [1.29, 1.82) is 0 Å². The fourth-order valence-corrected chi connectivity index (χ4v) is 4.96. The SMILES string of the molecule is O=C(Nc1ccnn1C1CCN(CCCC2CCCC2)CC1)[C@H]1CCOC1. The summed E-state index contributed by atoms with van der Waals surface area (Å²) in [6.07, 6.45) is 13.4. The molecule has 3 fully saturated rings. The van der Waals surface area contributed by atoms with Gasteiger partial charge in [-0.1, -0.05) is 25.7 Å². The monoisotopic (exact) mass is 374 g/mol. The predicted octanol–water partition coefficient (Wildman–Crippen LogP) is 3.47. The quantitative estimate of drug-likeness (QED) is 0.794. The molecule has 6 nitrogen and oxygen atoms in total. The first kappa shape index (κ1) is 18.9. The minimum absolute atomic E-state index is 0.0185. The van der Waals surface area contributed by atoms with Crippen molar-refractivity contribution in [2.24, 2.45) is 11.8 Å². The minimum atomic E-state index is -0.0185. The molecule has 1 amide bonds. The number of hydrogen-bond acceptors (Lipinski definition) is 4. The van der Waals surface area contributed by atoms with Crippen LogP contribution in [0, 0.1) is 11.8 Å². The van der Waals surface area contributed by atoms with Gasteiger partial charge in [-0.05, 0) is 44.6 Å². The lowest BCUT2D eigenvalue weighted by atomic mass is 10.0. The van der Waals surface area contributed by atoms with Crippen LogP contribution in [0.5, 0.6) is 0 Å². The Morgan fingerprint density at radius 1 is 1.19 bits per heavy atom. The zero-order valence-electron chi connectivity index (χ0n) is 16.4. The Balaban J connectivity index is 1.22. The van der Waals surface area contributed by atoms with Crippen LogP contribution in [0.4, 0.5) is 5.82 Å². The average molecular weight is 375 g/mol. The highest BCUT2D eigenvalue weighted by Gasteiger charge is 2.27. The number of rotatable bonds is 7. The molecule has 0 spiro atoms. The van der Waals surface area contributed by atoms with E-state index in [0.29, 0.717) is 19.3 Å². The van der Waals surface area contributed by atoms with Gasteiger partial charge < -0.3 is 15.0 Å². The van der Waals surface area contributed by atoms with Gasteiger partial charge in [0.15, 0.2) is 0 Å². The van der Waals surface area contributed by atoms with Crippen LogP contribution in [0.25, 0.3) is 0 Å². The molecule has 3 heterocycles. The normalized spacial score (nSPS) is 25.3. The Morgan fingerprint density at radius 2 is 2.00 bits per heavy atom. The summed E-state index contributed by atoms with van der Waals surface area (Å²) in [6, 6.07) is 2.31. The maximum absolute atomic E-state index is 12.4. The first-order valence-corrected chi connectivity index (χ1v) is 10.9. The Hall–Kier alpha value is -1.40. The summed E-state index contributed by atoms with van der Waals surface area (Å²) in [6.45, 7) is 4.75.